The van der Waals surface area contributed by atoms with Gasteiger partial charge in [0, 0.05) is 12.8 Å². The van der Waals surface area contributed by atoms with Crippen molar-refractivity contribution in [3.8, 4) is 23.0 Å². The fourth-order valence-corrected chi connectivity index (χ4v) is 2.64. The fraction of sp³-hybridized carbons (Fsp3) is 0.304. The van der Waals surface area contributed by atoms with E-state index in [2.05, 4.69) is 21.1 Å². The second-order valence-corrected chi connectivity index (χ2v) is 6.76. The van der Waals surface area contributed by atoms with Crippen LogP contribution in [-0.2, 0) is 9.59 Å². The first-order chi connectivity index (χ1) is 15.9. The highest BCUT2D eigenvalue weighted by molar-refractivity contribution is 5.84. The third-order valence-corrected chi connectivity index (χ3v) is 4.18. The van der Waals surface area contributed by atoms with E-state index in [0.29, 0.717) is 42.3 Å². The molecule has 0 saturated heterocycles. The topological polar surface area (TPSA) is 142 Å². The van der Waals surface area contributed by atoms with E-state index in [1.54, 1.807) is 38.1 Å². The summed E-state index contributed by atoms with van der Waals surface area (Å²) in [6.45, 7) is 4.44. The lowest BCUT2D eigenvalue weighted by molar-refractivity contribution is -0.122. The maximum Gasteiger partial charge on any atom is 0.240 e. The lowest BCUT2D eigenvalue weighted by Crippen LogP contribution is -2.20. The minimum Gasteiger partial charge on any atom is -0.504 e. The van der Waals surface area contributed by atoms with E-state index < -0.39 is 0 Å². The number of nitrogens with zero attached hydrogens (tertiary/aromatic N) is 2. The summed E-state index contributed by atoms with van der Waals surface area (Å²) < 4.78 is 10.6. The van der Waals surface area contributed by atoms with Crippen molar-refractivity contribution in [3.63, 3.8) is 0 Å². The molecule has 0 radical (unpaired) electrons. The molecule has 10 nitrogen and oxygen atoms in total. The number of ether oxygens (including phenoxy) is 2. The fourth-order valence-electron chi connectivity index (χ4n) is 2.64. The second-order valence-electron chi connectivity index (χ2n) is 6.76. The lowest BCUT2D eigenvalue weighted by Gasteiger charge is -2.06. The molecular weight excluding hydrogens is 428 g/mol. The van der Waals surface area contributed by atoms with Crippen LogP contribution in [0.15, 0.2) is 46.6 Å². The van der Waals surface area contributed by atoms with Crippen molar-refractivity contribution in [3.05, 3.63) is 47.5 Å². The average Bonchev–Trinajstić information content (AvgIpc) is 2.78. The van der Waals surface area contributed by atoms with Crippen molar-refractivity contribution < 1.29 is 29.3 Å². The highest BCUT2D eigenvalue weighted by Gasteiger charge is 2.06. The number of aromatic hydroxyl groups is 2. The zero-order chi connectivity index (χ0) is 24.1. The number of hydrazone groups is 2. The van der Waals surface area contributed by atoms with Gasteiger partial charge >= 0.3 is 0 Å². The molecule has 0 aromatic heterocycles. The first-order valence-corrected chi connectivity index (χ1v) is 10.5. The molecule has 33 heavy (non-hydrogen) atoms. The minimum atomic E-state index is -0.334. The normalized spacial score (nSPS) is 11.0. The molecule has 0 atom stereocenters. The van der Waals surface area contributed by atoms with E-state index >= 15 is 0 Å². The molecule has 2 aromatic rings. The molecule has 0 spiro atoms. The lowest BCUT2D eigenvalue weighted by atomic mass is 10.2. The Morgan fingerprint density at radius 2 is 1.24 bits per heavy atom. The predicted octanol–water partition coefficient (Wildman–Crippen LogP) is 2.67. The number of hydrogen-bond donors (Lipinski definition) is 4. The van der Waals surface area contributed by atoms with Crippen molar-refractivity contribution >= 4 is 24.2 Å². The van der Waals surface area contributed by atoms with Crippen LogP contribution in [0, 0.1) is 0 Å². The summed E-state index contributed by atoms with van der Waals surface area (Å²) in [5, 5.41) is 27.1. The number of hydrogen-bond acceptors (Lipinski definition) is 8. The van der Waals surface area contributed by atoms with Crippen LogP contribution in [0.25, 0.3) is 0 Å². The van der Waals surface area contributed by atoms with Crippen LogP contribution in [0.4, 0.5) is 0 Å². The molecule has 0 saturated carbocycles. The Morgan fingerprint density at radius 1 is 0.818 bits per heavy atom. The molecule has 176 valence electrons. The molecule has 0 bridgehead atoms. The molecule has 4 N–H and O–H groups in total. The molecule has 0 unspecified atom stereocenters. The zero-order valence-corrected chi connectivity index (χ0v) is 18.6. The largest absolute Gasteiger partial charge is 0.504 e. The second kappa shape index (κ2) is 13.4. The smallest absolute Gasteiger partial charge is 0.240 e. The number of amides is 2. The number of carbonyl (C=O) groups is 2. The summed E-state index contributed by atoms with van der Waals surface area (Å²) in [5.74, 6) is 0.0546. The maximum atomic E-state index is 11.9. The first kappa shape index (κ1) is 25.2. The van der Waals surface area contributed by atoms with Crippen molar-refractivity contribution in [2.24, 2.45) is 10.2 Å². The molecule has 0 fully saturated rings. The van der Waals surface area contributed by atoms with Crippen LogP contribution >= 0.6 is 0 Å². The van der Waals surface area contributed by atoms with Gasteiger partial charge in [0.05, 0.1) is 25.6 Å². The molecule has 0 heterocycles. The monoisotopic (exact) mass is 456 g/mol. The minimum absolute atomic E-state index is 0.0268. The molecule has 2 aromatic carbocycles. The van der Waals surface area contributed by atoms with Crippen LogP contribution in [-0.4, -0.2) is 47.7 Å². The Bertz CT molecular complexity index is 927. The van der Waals surface area contributed by atoms with Crippen LogP contribution in [0.2, 0.25) is 0 Å². The Morgan fingerprint density at radius 3 is 1.64 bits per heavy atom. The van der Waals surface area contributed by atoms with Gasteiger partial charge in [0.25, 0.3) is 0 Å². The van der Waals surface area contributed by atoms with E-state index in [9.17, 15) is 19.8 Å². The van der Waals surface area contributed by atoms with E-state index in [4.69, 9.17) is 9.47 Å². The molecular formula is C23H28N4O6. The Labute approximate surface area is 191 Å². The molecule has 0 aliphatic rings. The summed E-state index contributed by atoms with van der Waals surface area (Å²) in [6, 6.07) is 9.44. The van der Waals surface area contributed by atoms with Gasteiger partial charge in [-0.2, -0.15) is 10.2 Å². The standard InChI is InChI=1S/C23H28N4O6/c1-3-32-20-12-16(8-10-18(20)28)14-24-26-22(30)6-5-7-23(31)27-25-15-17-9-11-19(29)21(13-17)33-4-2/h8-15,28-29H,3-7H2,1-2H3,(H,26,30)(H,27,31)/b24-14+,25-15+. The quantitative estimate of drug-likeness (QED) is 0.286. The summed E-state index contributed by atoms with van der Waals surface area (Å²) in [4.78, 5) is 23.7. The van der Waals surface area contributed by atoms with Crippen LogP contribution < -0.4 is 20.3 Å². The number of phenolic OH excluding ortho intramolecular Hbond substituents is 2. The predicted molar refractivity (Wildman–Crippen MR) is 124 cm³/mol. The number of carbonyl (C=O) groups excluding carboxylic acids is 2. The van der Waals surface area contributed by atoms with Gasteiger partial charge in [-0.05, 0) is 67.8 Å². The molecule has 0 aliphatic carbocycles. The van der Waals surface area contributed by atoms with Gasteiger partial charge < -0.3 is 19.7 Å². The van der Waals surface area contributed by atoms with Crippen LogP contribution in [0.5, 0.6) is 23.0 Å². The Balaban J connectivity index is 1.70. The van der Waals surface area contributed by atoms with E-state index in [1.807, 2.05) is 0 Å². The number of rotatable bonds is 12. The van der Waals surface area contributed by atoms with Gasteiger partial charge in [0.15, 0.2) is 23.0 Å². The first-order valence-electron chi connectivity index (χ1n) is 10.5. The summed E-state index contributed by atoms with van der Waals surface area (Å²) >= 11 is 0. The van der Waals surface area contributed by atoms with Crippen LogP contribution in [0.1, 0.15) is 44.2 Å². The van der Waals surface area contributed by atoms with Gasteiger partial charge in [-0.1, -0.05) is 0 Å². The average molecular weight is 456 g/mol. The maximum absolute atomic E-state index is 11.9. The van der Waals surface area contributed by atoms with Gasteiger partial charge in [0.2, 0.25) is 11.8 Å². The van der Waals surface area contributed by atoms with E-state index in [0.717, 1.165) is 0 Å². The summed E-state index contributed by atoms with van der Waals surface area (Å²) in [6.07, 6.45) is 3.42. The number of phenols is 2. The third-order valence-electron chi connectivity index (χ3n) is 4.18. The van der Waals surface area contributed by atoms with Gasteiger partial charge in [-0.25, -0.2) is 10.9 Å². The summed E-state index contributed by atoms with van der Waals surface area (Å²) in [7, 11) is 0. The third kappa shape index (κ3) is 8.90. The highest BCUT2D eigenvalue weighted by atomic mass is 16.5. The SMILES string of the molecule is CCOc1cc(/C=N/NC(=O)CCCC(=O)N/N=C/c2ccc(O)c(OCC)c2)ccc1O. The summed E-state index contributed by atoms with van der Waals surface area (Å²) in [5.41, 5.74) is 6.08. The zero-order valence-electron chi connectivity index (χ0n) is 18.6. The van der Waals surface area contributed by atoms with Gasteiger partial charge in [-0.3, -0.25) is 9.59 Å². The van der Waals surface area contributed by atoms with Crippen molar-refractivity contribution in [1.82, 2.24) is 10.9 Å². The van der Waals surface area contributed by atoms with E-state index in [1.165, 1.54) is 24.6 Å². The van der Waals surface area contributed by atoms with E-state index in [-0.39, 0.29) is 36.2 Å². The molecule has 2 amide bonds. The molecule has 2 rings (SSSR count). The Kier molecular flexibility index (Phi) is 10.2. The van der Waals surface area contributed by atoms with Gasteiger partial charge in [-0.15, -0.1) is 0 Å². The number of benzene rings is 2. The van der Waals surface area contributed by atoms with Crippen molar-refractivity contribution in [2.45, 2.75) is 33.1 Å². The molecule has 10 heteroatoms. The Hall–Kier alpha value is -4.08. The van der Waals surface area contributed by atoms with Crippen molar-refractivity contribution in [1.29, 1.82) is 0 Å². The number of nitrogens with one attached hydrogen (secondary N) is 2. The highest BCUT2D eigenvalue weighted by Crippen LogP contribution is 2.26. The van der Waals surface area contributed by atoms with Crippen LogP contribution in [0.3, 0.4) is 0 Å². The molecule has 0 aliphatic heterocycles. The van der Waals surface area contributed by atoms with Gasteiger partial charge in [0.1, 0.15) is 0 Å². The van der Waals surface area contributed by atoms with Crippen molar-refractivity contribution in [2.75, 3.05) is 13.2 Å².